The summed E-state index contributed by atoms with van der Waals surface area (Å²) in [6, 6.07) is 14.0. The number of carbonyl (C=O) groups excluding carboxylic acids is 1. The van der Waals surface area contributed by atoms with Gasteiger partial charge in [0.2, 0.25) is 5.91 Å². The Balaban J connectivity index is 1.38. The van der Waals surface area contributed by atoms with Crippen molar-refractivity contribution in [2.45, 2.75) is 12.8 Å². The predicted octanol–water partition coefficient (Wildman–Crippen LogP) is 5.12. The molecule has 0 aliphatic rings. The average molecular weight is 433 g/mol. The van der Waals surface area contributed by atoms with Crippen molar-refractivity contribution in [3.05, 3.63) is 94.3 Å². The van der Waals surface area contributed by atoms with Crippen LogP contribution in [0.15, 0.2) is 71.7 Å². The van der Waals surface area contributed by atoms with Gasteiger partial charge in [-0.25, -0.2) is 9.37 Å². The van der Waals surface area contributed by atoms with Crippen LogP contribution in [0.4, 0.5) is 10.1 Å². The van der Waals surface area contributed by atoms with E-state index in [2.05, 4.69) is 20.8 Å². The van der Waals surface area contributed by atoms with Crippen molar-refractivity contribution in [3.63, 3.8) is 0 Å². The van der Waals surface area contributed by atoms with Gasteiger partial charge in [-0.2, -0.15) is 5.10 Å². The fraction of sp³-hybridized carbons (Fsp3) is 0.125. The molecule has 5 nitrogen and oxygen atoms in total. The van der Waals surface area contributed by atoms with Crippen molar-refractivity contribution in [2.24, 2.45) is 7.05 Å². The van der Waals surface area contributed by atoms with Crippen LogP contribution in [0.1, 0.15) is 16.8 Å². The number of aromatic nitrogens is 3. The molecule has 0 fully saturated rings. The number of thiazole rings is 1. The number of nitrogens with zero attached hydrogens (tertiary/aromatic N) is 3. The molecule has 2 aromatic heterocycles. The van der Waals surface area contributed by atoms with E-state index in [0.29, 0.717) is 0 Å². The Bertz CT molecular complexity index is 1180. The number of benzene rings is 2. The van der Waals surface area contributed by atoms with Gasteiger partial charge in [-0.3, -0.25) is 9.48 Å². The van der Waals surface area contributed by atoms with Crippen LogP contribution in [0.2, 0.25) is 0 Å². The summed E-state index contributed by atoms with van der Waals surface area (Å²) in [4.78, 5) is 16.7. The molecule has 2 heterocycles. The Morgan fingerprint density at radius 1 is 1.13 bits per heavy atom. The third-order valence-electron chi connectivity index (χ3n) is 4.87. The first-order valence-electron chi connectivity index (χ1n) is 9.81. The van der Waals surface area contributed by atoms with E-state index in [1.807, 2.05) is 36.8 Å². The highest BCUT2D eigenvalue weighted by atomic mass is 32.1. The first kappa shape index (κ1) is 20.7. The van der Waals surface area contributed by atoms with E-state index in [9.17, 15) is 9.18 Å². The van der Waals surface area contributed by atoms with Gasteiger partial charge in [0.1, 0.15) is 5.82 Å². The first-order valence-corrected chi connectivity index (χ1v) is 10.8. The summed E-state index contributed by atoms with van der Waals surface area (Å²) in [5, 5.41) is 9.19. The van der Waals surface area contributed by atoms with Gasteiger partial charge in [-0.05, 0) is 60.9 Å². The van der Waals surface area contributed by atoms with E-state index >= 15 is 0 Å². The lowest BCUT2D eigenvalue weighted by atomic mass is 10.1. The lowest BCUT2D eigenvalue weighted by Crippen LogP contribution is -2.07. The Kier molecular flexibility index (Phi) is 6.33. The molecule has 7 heteroatoms. The van der Waals surface area contributed by atoms with Crippen LogP contribution < -0.4 is 5.32 Å². The molecule has 2 aromatic carbocycles. The summed E-state index contributed by atoms with van der Waals surface area (Å²) in [5.74, 6) is -0.527. The van der Waals surface area contributed by atoms with Gasteiger partial charge in [0.25, 0.3) is 0 Å². The van der Waals surface area contributed by atoms with Crippen molar-refractivity contribution in [1.82, 2.24) is 14.8 Å². The lowest BCUT2D eigenvalue weighted by molar-refractivity contribution is -0.111. The molecule has 4 rings (SSSR count). The summed E-state index contributed by atoms with van der Waals surface area (Å²) < 4.78 is 14.9. The summed E-state index contributed by atoms with van der Waals surface area (Å²) in [5.41, 5.74) is 7.29. The highest BCUT2D eigenvalue weighted by Gasteiger charge is 2.09. The second-order valence-corrected chi connectivity index (χ2v) is 7.80. The van der Waals surface area contributed by atoms with Gasteiger partial charge in [0.05, 0.1) is 23.1 Å². The normalized spacial score (nSPS) is 11.2. The third-order valence-corrected chi connectivity index (χ3v) is 5.51. The quantitative estimate of drug-likeness (QED) is 0.413. The largest absolute Gasteiger partial charge is 0.323 e. The average Bonchev–Trinajstić information content (AvgIpc) is 3.42. The molecule has 0 aliphatic heterocycles. The van der Waals surface area contributed by atoms with Gasteiger partial charge in [0.15, 0.2) is 0 Å². The number of hydrogen-bond acceptors (Lipinski definition) is 4. The predicted molar refractivity (Wildman–Crippen MR) is 122 cm³/mol. The van der Waals surface area contributed by atoms with Crippen molar-refractivity contribution in [3.8, 4) is 11.3 Å². The van der Waals surface area contributed by atoms with Crippen LogP contribution in [-0.4, -0.2) is 20.7 Å². The lowest BCUT2D eigenvalue weighted by Gasteiger charge is -2.05. The molecule has 0 spiro atoms. The topological polar surface area (TPSA) is 59.8 Å². The van der Waals surface area contributed by atoms with Crippen molar-refractivity contribution < 1.29 is 9.18 Å². The highest BCUT2D eigenvalue weighted by Crippen LogP contribution is 2.24. The molecule has 1 N–H and O–H groups in total. The molecule has 31 heavy (non-hydrogen) atoms. The second kappa shape index (κ2) is 9.49. The minimum atomic E-state index is -0.295. The van der Waals surface area contributed by atoms with Gasteiger partial charge in [-0.15, -0.1) is 11.3 Å². The molecule has 0 unspecified atom stereocenters. The maximum absolute atomic E-state index is 13.2. The SMILES string of the molecule is Cn1ncc(C=CC(=O)Nc2ccc(CCc3cscn3)cc2)c1-c1ccc(F)cc1. The van der Waals surface area contributed by atoms with Gasteiger partial charge in [-0.1, -0.05) is 12.1 Å². The van der Waals surface area contributed by atoms with Gasteiger partial charge >= 0.3 is 0 Å². The molecular formula is C24H21FN4OS. The van der Waals surface area contributed by atoms with Crippen molar-refractivity contribution >= 4 is 29.0 Å². The smallest absolute Gasteiger partial charge is 0.248 e. The molecule has 1 amide bonds. The minimum Gasteiger partial charge on any atom is -0.323 e. The Hall–Kier alpha value is -3.58. The van der Waals surface area contributed by atoms with E-state index in [4.69, 9.17) is 0 Å². The molecule has 0 saturated heterocycles. The van der Waals surface area contributed by atoms with Crippen LogP contribution in [0, 0.1) is 5.82 Å². The molecule has 156 valence electrons. The van der Waals surface area contributed by atoms with Gasteiger partial charge in [0, 0.05) is 35.3 Å². The summed E-state index contributed by atoms with van der Waals surface area (Å²) in [6.45, 7) is 0. The zero-order valence-electron chi connectivity index (χ0n) is 17.0. The van der Waals surface area contributed by atoms with E-state index in [-0.39, 0.29) is 11.7 Å². The number of nitrogens with one attached hydrogen (secondary N) is 1. The summed E-state index contributed by atoms with van der Waals surface area (Å²) >= 11 is 1.60. The van der Waals surface area contributed by atoms with Crippen LogP contribution >= 0.6 is 11.3 Å². The zero-order valence-corrected chi connectivity index (χ0v) is 17.8. The third kappa shape index (κ3) is 5.32. The Morgan fingerprint density at radius 3 is 2.61 bits per heavy atom. The molecule has 4 aromatic rings. The monoisotopic (exact) mass is 432 g/mol. The number of rotatable bonds is 7. The maximum Gasteiger partial charge on any atom is 0.248 e. The number of anilines is 1. The minimum absolute atomic E-state index is 0.232. The standard InChI is InChI=1S/C24H21FN4OS/c1-29-24(18-5-8-20(25)9-6-18)19(14-27-29)7-13-23(30)28-21-10-2-17(3-11-21)4-12-22-15-31-16-26-22/h2-3,5-11,13-16H,4,12H2,1H3,(H,28,30). The van der Waals surface area contributed by atoms with Gasteiger partial charge < -0.3 is 5.32 Å². The zero-order chi connectivity index (χ0) is 21.6. The van der Waals surface area contributed by atoms with E-state index in [1.54, 1.807) is 40.4 Å². The Morgan fingerprint density at radius 2 is 1.90 bits per heavy atom. The number of aryl methyl sites for hydroxylation is 3. The maximum atomic E-state index is 13.2. The molecule has 0 atom stereocenters. The van der Waals surface area contributed by atoms with Crippen LogP contribution in [-0.2, 0) is 24.7 Å². The van der Waals surface area contributed by atoms with Crippen molar-refractivity contribution in [2.75, 3.05) is 5.32 Å². The van der Waals surface area contributed by atoms with Crippen LogP contribution in [0.25, 0.3) is 17.3 Å². The van der Waals surface area contributed by atoms with E-state index < -0.39 is 0 Å². The molecule has 0 aliphatic carbocycles. The fourth-order valence-electron chi connectivity index (χ4n) is 3.28. The molecular weight excluding hydrogens is 411 g/mol. The fourth-order valence-corrected chi connectivity index (χ4v) is 3.87. The number of hydrogen-bond donors (Lipinski definition) is 1. The van der Waals surface area contributed by atoms with Crippen LogP contribution in [0.5, 0.6) is 0 Å². The van der Waals surface area contributed by atoms with E-state index in [0.717, 1.165) is 41.0 Å². The molecule has 0 radical (unpaired) electrons. The van der Waals surface area contributed by atoms with E-state index in [1.165, 1.54) is 23.8 Å². The molecule has 0 bridgehead atoms. The summed E-state index contributed by atoms with van der Waals surface area (Å²) in [6.07, 6.45) is 6.67. The molecule has 0 saturated carbocycles. The number of carbonyl (C=O) groups is 1. The highest BCUT2D eigenvalue weighted by molar-refractivity contribution is 7.07. The van der Waals surface area contributed by atoms with Crippen LogP contribution in [0.3, 0.4) is 0 Å². The first-order chi connectivity index (χ1) is 15.1. The van der Waals surface area contributed by atoms with Crippen molar-refractivity contribution in [1.29, 1.82) is 0 Å². The second-order valence-electron chi connectivity index (χ2n) is 7.08. The summed E-state index contributed by atoms with van der Waals surface area (Å²) in [7, 11) is 1.81. The number of amides is 1. The number of halogens is 1. The Labute approximate surface area is 183 Å².